The predicted molar refractivity (Wildman–Crippen MR) is 166 cm³/mol. The van der Waals surface area contributed by atoms with Crippen LogP contribution in [0.3, 0.4) is 0 Å². The van der Waals surface area contributed by atoms with Crippen molar-refractivity contribution in [1.29, 1.82) is 0 Å². The van der Waals surface area contributed by atoms with Gasteiger partial charge >= 0.3 is 0 Å². The Balaban J connectivity index is 1.16. The monoisotopic (exact) mass is 624 g/mol. The van der Waals surface area contributed by atoms with E-state index < -0.39 is 0 Å². The molecule has 2 amide bonds. The van der Waals surface area contributed by atoms with Crippen LogP contribution in [0.15, 0.2) is 71.0 Å². The Kier molecular flexibility index (Phi) is 9.47. The van der Waals surface area contributed by atoms with E-state index >= 15 is 0 Å². The van der Waals surface area contributed by atoms with Crippen LogP contribution in [0.4, 0.5) is 15.1 Å². The Bertz CT molecular complexity index is 1640. The predicted octanol–water partition coefficient (Wildman–Crippen LogP) is 5.77. The molecule has 0 bridgehead atoms. The lowest BCUT2D eigenvalue weighted by atomic mass is 10.2. The Labute approximate surface area is 254 Å². The van der Waals surface area contributed by atoms with E-state index in [-0.39, 0.29) is 48.5 Å². The number of carbonyl (C=O) groups is 2. The smallest absolute Gasteiger partial charge is 0.280 e. The van der Waals surface area contributed by atoms with Crippen LogP contribution < -0.4 is 26.0 Å². The zero-order valence-corrected chi connectivity index (χ0v) is 24.7. The molecule has 1 aliphatic rings. The van der Waals surface area contributed by atoms with E-state index in [4.69, 9.17) is 16.3 Å². The van der Waals surface area contributed by atoms with Crippen molar-refractivity contribution in [2.24, 2.45) is 4.99 Å². The van der Waals surface area contributed by atoms with Gasteiger partial charge in [-0.2, -0.15) is 0 Å². The number of nitrogens with zero attached hydrogens (tertiary/aromatic N) is 2. The average Bonchev–Trinajstić information content (AvgIpc) is 3.64. The van der Waals surface area contributed by atoms with Crippen molar-refractivity contribution in [2.45, 2.75) is 19.7 Å². The number of hydrogen-bond acceptors (Lipinski definition) is 9. The van der Waals surface area contributed by atoms with Gasteiger partial charge in [0.15, 0.2) is 10.8 Å². The minimum atomic E-state index is -0.352. The van der Waals surface area contributed by atoms with Crippen molar-refractivity contribution in [2.75, 3.05) is 23.7 Å². The van der Waals surface area contributed by atoms with Gasteiger partial charge in [0, 0.05) is 29.7 Å². The molecule has 2 aromatic heterocycles. The summed E-state index contributed by atoms with van der Waals surface area (Å²) in [5.74, 6) is 0.0204. The summed E-state index contributed by atoms with van der Waals surface area (Å²) < 4.78 is 19.2. The van der Waals surface area contributed by atoms with Crippen LogP contribution in [-0.2, 0) is 11.4 Å². The first-order valence-electron chi connectivity index (χ1n) is 12.9. The number of ether oxygens (including phenoxy) is 1. The van der Waals surface area contributed by atoms with Gasteiger partial charge in [-0.15, -0.1) is 11.3 Å². The normalized spacial score (nSPS) is 14.1. The molecule has 0 saturated heterocycles. The minimum Gasteiger partial charge on any atom is -0.487 e. The highest BCUT2D eigenvalue weighted by Crippen LogP contribution is 2.32. The number of halogens is 2. The summed E-state index contributed by atoms with van der Waals surface area (Å²) >= 11 is 9.21. The number of carbonyl (C=O) groups excluding carboxylic acids is 2. The van der Waals surface area contributed by atoms with E-state index in [1.54, 1.807) is 47.7 Å². The highest BCUT2D eigenvalue weighted by molar-refractivity contribution is 7.18. The van der Waals surface area contributed by atoms with Crippen molar-refractivity contribution in [3.05, 3.63) is 98.0 Å². The fourth-order valence-electron chi connectivity index (χ4n) is 3.90. The first kappa shape index (κ1) is 29.2. The van der Waals surface area contributed by atoms with Crippen LogP contribution in [0.2, 0.25) is 5.02 Å². The number of rotatable bonds is 10. The lowest BCUT2D eigenvalue weighted by Gasteiger charge is -2.20. The van der Waals surface area contributed by atoms with Crippen molar-refractivity contribution in [1.82, 2.24) is 15.6 Å². The third kappa shape index (κ3) is 7.72. The first-order valence-corrected chi connectivity index (χ1v) is 15.0. The SMILES string of the molecule is CC1N=C(Nc2ccc(OCc3cccc(F)c3)c(Cl)c2)c2nc(C(=O)NCCNC(=O)/C=C/c3cccs3)sc2N1. The van der Waals surface area contributed by atoms with Crippen LogP contribution in [0, 0.1) is 5.82 Å². The van der Waals surface area contributed by atoms with Gasteiger partial charge in [0.05, 0.1) is 5.02 Å². The van der Waals surface area contributed by atoms with Crippen molar-refractivity contribution >= 4 is 68.7 Å². The summed E-state index contributed by atoms with van der Waals surface area (Å²) in [5, 5.41) is 15.3. The Hall–Kier alpha value is -4.26. The summed E-state index contributed by atoms with van der Waals surface area (Å²) in [6.45, 7) is 2.58. The van der Waals surface area contributed by atoms with E-state index in [9.17, 15) is 14.0 Å². The van der Waals surface area contributed by atoms with Crippen molar-refractivity contribution < 1.29 is 18.7 Å². The molecule has 42 heavy (non-hydrogen) atoms. The highest BCUT2D eigenvalue weighted by Gasteiger charge is 2.25. The van der Waals surface area contributed by atoms with Gasteiger partial charge in [0.1, 0.15) is 35.0 Å². The second kappa shape index (κ2) is 13.6. The molecule has 4 aromatic rings. The maximum atomic E-state index is 13.4. The molecule has 216 valence electrons. The molecule has 3 heterocycles. The molecule has 1 aliphatic heterocycles. The molecule has 13 heteroatoms. The molecule has 9 nitrogen and oxygen atoms in total. The summed E-state index contributed by atoms with van der Waals surface area (Å²) in [5.41, 5.74) is 1.85. The molecule has 2 aromatic carbocycles. The molecule has 0 aliphatic carbocycles. The number of aromatic nitrogens is 1. The topological polar surface area (TPSA) is 117 Å². The Morgan fingerprint density at radius 2 is 2.00 bits per heavy atom. The van der Waals surface area contributed by atoms with Crippen LogP contribution in [0.1, 0.15) is 32.9 Å². The Morgan fingerprint density at radius 3 is 2.79 bits per heavy atom. The minimum absolute atomic E-state index is 0.173. The van der Waals surface area contributed by atoms with Crippen LogP contribution >= 0.6 is 34.3 Å². The molecule has 0 saturated carbocycles. The number of thiazole rings is 1. The van der Waals surface area contributed by atoms with Gasteiger partial charge in [-0.3, -0.25) is 9.59 Å². The fourth-order valence-corrected chi connectivity index (χ4v) is 5.72. The first-order chi connectivity index (χ1) is 20.3. The average molecular weight is 625 g/mol. The van der Waals surface area contributed by atoms with E-state index in [2.05, 4.69) is 31.2 Å². The van der Waals surface area contributed by atoms with E-state index in [1.807, 2.05) is 24.4 Å². The molecular formula is C29H26ClFN6O3S2. The quantitative estimate of drug-likeness (QED) is 0.132. The molecule has 4 N–H and O–H groups in total. The number of thiophene rings is 1. The van der Waals surface area contributed by atoms with Gasteiger partial charge in [0.2, 0.25) is 5.91 Å². The number of amidine groups is 1. The van der Waals surface area contributed by atoms with Crippen LogP contribution in [0.5, 0.6) is 5.75 Å². The summed E-state index contributed by atoms with van der Waals surface area (Å²) in [4.78, 5) is 34.8. The maximum Gasteiger partial charge on any atom is 0.280 e. The molecule has 0 spiro atoms. The highest BCUT2D eigenvalue weighted by atomic mass is 35.5. The summed E-state index contributed by atoms with van der Waals surface area (Å²) in [6, 6.07) is 15.2. The van der Waals surface area contributed by atoms with E-state index in [0.29, 0.717) is 38.6 Å². The number of aliphatic imine (C=N–C) groups is 1. The van der Waals surface area contributed by atoms with Gasteiger partial charge in [-0.05, 0) is 60.3 Å². The molecule has 0 fully saturated rings. The molecule has 1 unspecified atom stereocenters. The second-order valence-corrected chi connectivity index (χ2v) is 11.5. The number of nitrogens with one attached hydrogen (secondary N) is 4. The van der Waals surface area contributed by atoms with Gasteiger partial charge in [0.25, 0.3) is 5.91 Å². The summed E-state index contributed by atoms with van der Waals surface area (Å²) in [7, 11) is 0. The molecule has 0 radical (unpaired) electrons. The molecular weight excluding hydrogens is 599 g/mol. The molecule has 1 atom stereocenters. The molecule has 5 rings (SSSR count). The van der Waals surface area contributed by atoms with E-state index in [1.165, 1.54) is 29.5 Å². The number of anilines is 2. The zero-order chi connectivity index (χ0) is 29.5. The zero-order valence-electron chi connectivity index (χ0n) is 22.3. The van der Waals surface area contributed by atoms with Gasteiger partial charge in [-0.1, -0.05) is 41.1 Å². The van der Waals surface area contributed by atoms with Crippen molar-refractivity contribution in [3.8, 4) is 5.75 Å². The summed E-state index contributed by atoms with van der Waals surface area (Å²) in [6.07, 6.45) is 2.95. The standard InChI is InChI=1S/C29H26ClFN6O3S2/c1-17-34-26(36-20-7-9-23(22(30)15-20)40-16-18-4-2-5-19(31)14-18)25-28(35-17)42-29(37-25)27(39)33-12-11-32-24(38)10-8-21-6-3-13-41-21/h2-10,13-15,17,35H,11-12,16H2,1H3,(H,32,38)(H,33,39)(H,34,36)/b10-8+. The lowest BCUT2D eigenvalue weighted by molar-refractivity contribution is -0.116. The van der Waals surface area contributed by atoms with E-state index in [0.717, 1.165) is 4.88 Å². The maximum absolute atomic E-state index is 13.4. The van der Waals surface area contributed by atoms with Gasteiger partial charge in [-0.25, -0.2) is 14.4 Å². The number of benzene rings is 2. The third-order valence-electron chi connectivity index (χ3n) is 5.84. The Morgan fingerprint density at radius 1 is 1.14 bits per heavy atom. The van der Waals surface area contributed by atoms with Crippen LogP contribution in [0.25, 0.3) is 6.08 Å². The lowest BCUT2D eigenvalue weighted by Crippen LogP contribution is -2.34. The number of amides is 2. The second-order valence-electron chi connectivity index (χ2n) is 9.08. The largest absolute Gasteiger partial charge is 0.487 e. The van der Waals surface area contributed by atoms with Crippen LogP contribution in [-0.4, -0.2) is 41.9 Å². The number of hydrogen-bond donors (Lipinski definition) is 4. The third-order valence-corrected chi connectivity index (χ3v) is 7.96. The van der Waals surface area contributed by atoms with Crippen molar-refractivity contribution in [3.63, 3.8) is 0 Å². The number of fused-ring (bicyclic) bond motifs is 1. The van der Waals surface area contributed by atoms with Gasteiger partial charge < -0.3 is 26.0 Å². The fraction of sp³-hybridized carbons (Fsp3) is 0.172.